The van der Waals surface area contributed by atoms with Gasteiger partial charge in [-0.3, -0.25) is 19.3 Å². The van der Waals surface area contributed by atoms with E-state index in [0.717, 1.165) is 55.4 Å². The van der Waals surface area contributed by atoms with Crippen molar-refractivity contribution in [3.8, 4) is 0 Å². The Kier molecular flexibility index (Phi) is 7.47. The van der Waals surface area contributed by atoms with E-state index in [4.69, 9.17) is 0 Å². The third kappa shape index (κ3) is 5.79. The molecular weight excluding hydrogens is 398 g/mol. The Morgan fingerprint density at radius 1 is 1.00 bits per heavy atom. The molecule has 3 rings (SSSR count). The van der Waals surface area contributed by atoms with Gasteiger partial charge in [0.2, 0.25) is 11.8 Å². The number of nitrogens with zero attached hydrogens (tertiary/aromatic N) is 2. The number of hydrogen-bond donors (Lipinski definition) is 1. The van der Waals surface area contributed by atoms with E-state index in [9.17, 15) is 14.4 Å². The summed E-state index contributed by atoms with van der Waals surface area (Å²) in [6, 6.07) is 6.30. The first kappa shape index (κ1) is 22.7. The van der Waals surface area contributed by atoms with Gasteiger partial charge in [-0.1, -0.05) is 31.3 Å². The fourth-order valence-electron chi connectivity index (χ4n) is 4.02. The molecule has 164 valence electrons. The summed E-state index contributed by atoms with van der Waals surface area (Å²) >= 11 is 1.31. The third-order valence-corrected chi connectivity index (χ3v) is 6.77. The number of thiazole rings is 1. The summed E-state index contributed by atoms with van der Waals surface area (Å²) in [4.78, 5) is 37.6. The van der Waals surface area contributed by atoms with Crippen LogP contribution in [0.15, 0.2) is 23.0 Å². The first-order valence-electron chi connectivity index (χ1n) is 10.9. The number of amides is 2. The van der Waals surface area contributed by atoms with Gasteiger partial charge >= 0.3 is 4.87 Å². The number of hydrogen-bond acceptors (Lipinski definition) is 5. The zero-order chi connectivity index (χ0) is 21.7. The summed E-state index contributed by atoms with van der Waals surface area (Å²) in [5.74, 6) is -0.0460. The summed E-state index contributed by atoms with van der Waals surface area (Å²) in [6.45, 7) is 6.38. The number of piperidine rings is 1. The molecule has 30 heavy (non-hydrogen) atoms. The molecule has 0 aliphatic carbocycles. The van der Waals surface area contributed by atoms with Crippen molar-refractivity contribution in [3.05, 3.63) is 33.4 Å². The molecule has 1 aliphatic heterocycles. The summed E-state index contributed by atoms with van der Waals surface area (Å²) in [6.07, 6.45) is 5.96. The second-order valence-corrected chi connectivity index (χ2v) is 10.1. The van der Waals surface area contributed by atoms with Crippen molar-refractivity contribution < 1.29 is 9.59 Å². The number of rotatable bonds is 10. The lowest BCUT2D eigenvalue weighted by molar-refractivity contribution is -0.152. The maximum Gasteiger partial charge on any atom is 0.307 e. The Hall–Kier alpha value is -1.99. The molecule has 1 saturated heterocycles. The van der Waals surface area contributed by atoms with Crippen molar-refractivity contribution in [1.29, 1.82) is 0 Å². The van der Waals surface area contributed by atoms with Gasteiger partial charge in [-0.05, 0) is 68.3 Å². The van der Waals surface area contributed by atoms with Gasteiger partial charge in [0.25, 0.3) is 0 Å². The van der Waals surface area contributed by atoms with Crippen LogP contribution in [-0.2, 0) is 23.1 Å². The number of aryl methyl sites for hydroxylation is 2. The van der Waals surface area contributed by atoms with Crippen molar-refractivity contribution in [2.24, 2.45) is 12.5 Å². The van der Waals surface area contributed by atoms with E-state index in [-0.39, 0.29) is 22.1 Å². The predicted molar refractivity (Wildman–Crippen MR) is 122 cm³/mol. The van der Waals surface area contributed by atoms with Crippen molar-refractivity contribution in [3.63, 3.8) is 0 Å². The Balaban J connectivity index is 1.26. The Morgan fingerprint density at radius 2 is 1.67 bits per heavy atom. The first-order chi connectivity index (χ1) is 14.3. The molecule has 1 aromatic carbocycles. The summed E-state index contributed by atoms with van der Waals surface area (Å²) < 4.78 is 2.76. The SMILES string of the molecule is Cn1c(=O)sc2cc(CCCCNCCCCN3C(=O)CC(C)(C)CC3=O)ccc21. The average molecular weight is 432 g/mol. The van der Waals surface area contributed by atoms with Gasteiger partial charge in [-0.2, -0.15) is 0 Å². The minimum absolute atomic E-state index is 0.0230. The molecule has 2 amide bonds. The van der Waals surface area contributed by atoms with Crippen LogP contribution < -0.4 is 10.2 Å². The topological polar surface area (TPSA) is 71.4 Å². The normalized spacial score (nSPS) is 16.6. The highest BCUT2D eigenvalue weighted by Crippen LogP contribution is 2.31. The number of unbranched alkanes of at least 4 members (excludes halogenated alkanes) is 2. The van der Waals surface area contributed by atoms with Crippen LogP contribution in [0.1, 0.15) is 57.9 Å². The van der Waals surface area contributed by atoms with Gasteiger partial charge in [0, 0.05) is 26.4 Å². The van der Waals surface area contributed by atoms with Crippen LogP contribution in [-0.4, -0.2) is 40.9 Å². The molecular formula is C23H33N3O3S. The van der Waals surface area contributed by atoms with Crippen molar-refractivity contribution >= 4 is 33.4 Å². The number of benzene rings is 1. The predicted octanol–water partition coefficient (Wildman–Crippen LogP) is 3.47. The summed E-state index contributed by atoms with van der Waals surface area (Å²) in [7, 11) is 1.81. The standard InChI is InChI=1S/C23H33N3O3S/c1-23(2)15-20(27)26(21(28)16-23)13-7-6-12-24-11-5-4-8-17-9-10-18-19(14-17)30-22(29)25(18)3/h9-10,14,24H,4-8,11-13,15-16H2,1-3H3. The fourth-order valence-corrected chi connectivity index (χ4v) is 4.96. The highest BCUT2D eigenvalue weighted by Gasteiger charge is 2.36. The van der Waals surface area contributed by atoms with Crippen LogP contribution in [0.5, 0.6) is 0 Å². The third-order valence-electron chi connectivity index (χ3n) is 5.77. The number of aromatic nitrogens is 1. The van der Waals surface area contributed by atoms with Crippen LogP contribution >= 0.6 is 11.3 Å². The van der Waals surface area contributed by atoms with E-state index >= 15 is 0 Å². The van der Waals surface area contributed by atoms with Gasteiger partial charge in [0.05, 0.1) is 10.2 Å². The van der Waals surface area contributed by atoms with Crippen molar-refractivity contribution in [2.45, 2.75) is 58.8 Å². The monoisotopic (exact) mass is 431 g/mol. The Morgan fingerprint density at radius 3 is 2.37 bits per heavy atom. The molecule has 6 nitrogen and oxygen atoms in total. The molecule has 1 aliphatic rings. The highest BCUT2D eigenvalue weighted by atomic mass is 32.1. The minimum atomic E-state index is -0.196. The maximum atomic E-state index is 12.1. The first-order valence-corrected chi connectivity index (χ1v) is 11.7. The quantitative estimate of drug-likeness (QED) is 0.462. The van der Waals surface area contributed by atoms with Crippen molar-refractivity contribution in [1.82, 2.24) is 14.8 Å². The van der Waals surface area contributed by atoms with Gasteiger partial charge in [0.15, 0.2) is 0 Å². The molecule has 2 heterocycles. The zero-order valence-corrected chi connectivity index (χ0v) is 19.1. The van der Waals surface area contributed by atoms with Gasteiger partial charge in [0.1, 0.15) is 0 Å². The average Bonchev–Trinajstić information content (AvgIpc) is 2.94. The highest BCUT2D eigenvalue weighted by molar-refractivity contribution is 7.16. The van der Waals surface area contributed by atoms with Gasteiger partial charge in [-0.15, -0.1) is 0 Å². The maximum absolute atomic E-state index is 12.1. The van der Waals surface area contributed by atoms with E-state index in [1.807, 2.05) is 27.0 Å². The summed E-state index contributed by atoms with van der Waals surface area (Å²) in [5.41, 5.74) is 2.09. The molecule has 1 N–H and O–H groups in total. The van der Waals surface area contributed by atoms with Gasteiger partial charge < -0.3 is 9.88 Å². The largest absolute Gasteiger partial charge is 0.317 e. The van der Waals surface area contributed by atoms with Crippen LogP contribution in [0.4, 0.5) is 0 Å². The van der Waals surface area contributed by atoms with E-state index in [1.165, 1.54) is 21.8 Å². The van der Waals surface area contributed by atoms with Crippen LogP contribution in [0, 0.1) is 5.41 Å². The molecule has 7 heteroatoms. The summed E-state index contributed by atoms with van der Waals surface area (Å²) in [5, 5.41) is 3.45. The molecule has 2 aromatic rings. The van der Waals surface area contributed by atoms with Gasteiger partial charge in [-0.25, -0.2) is 0 Å². The number of imide groups is 1. The smallest absolute Gasteiger partial charge is 0.307 e. The fraction of sp³-hybridized carbons (Fsp3) is 0.609. The molecule has 1 fully saturated rings. The van der Waals surface area contributed by atoms with E-state index in [2.05, 4.69) is 17.4 Å². The Labute approximate surface area is 182 Å². The van der Waals surface area contributed by atoms with E-state index < -0.39 is 0 Å². The second-order valence-electron chi connectivity index (χ2n) is 9.10. The number of carbonyl (C=O) groups is 2. The van der Waals surface area contributed by atoms with Crippen LogP contribution in [0.25, 0.3) is 10.2 Å². The molecule has 0 radical (unpaired) electrons. The lowest BCUT2D eigenvalue weighted by Crippen LogP contribution is -2.46. The number of carbonyl (C=O) groups excluding carboxylic acids is 2. The number of fused-ring (bicyclic) bond motifs is 1. The van der Waals surface area contributed by atoms with Crippen molar-refractivity contribution in [2.75, 3.05) is 19.6 Å². The zero-order valence-electron chi connectivity index (χ0n) is 18.3. The van der Waals surface area contributed by atoms with E-state index in [1.54, 1.807) is 4.57 Å². The molecule has 1 aromatic heterocycles. The molecule has 0 unspecified atom stereocenters. The number of likely N-dealkylation sites (tertiary alicyclic amines) is 1. The van der Waals surface area contributed by atoms with E-state index in [0.29, 0.717) is 19.4 Å². The molecule has 0 saturated carbocycles. The minimum Gasteiger partial charge on any atom is -0.317 e. The van der Waals surface area contributed by atoms with Crippen LogP contribution in [0.3, 0.4) is 0 Å². The lowest BCUT2D eigenvalue weighted by Gasteiger charge is -2.34. The van der Waals surface area contributed by atoms with Crippen LogP contribution in [0.2, 0.25) is 0 Å². The molecule has 0 spiro atoms. The lowest BCUT2D eigenvalue weighted by atomic mass is 9.82. The molecule has 0 bridgehead atoms. The number of nitrogens with one attached hydrogen (secondary N) is 1. The molecule has 0 atom stereocenters. The second kappa shape index (κ2) is 9.88. The Bertz CT molecular complexity index is 940.